The summed E-state index contributed by atoms with van der Waals surface area (Å²) in [4.78, 5) is 27.2. The summed E-state index contributed by atoms with van der Waals surface area (Å²) in [6.45, 7) is 0. The lowest BCUT2D eigenvalue weighted by Gasteiger charge is -2.26. The minimum Gasteiger partial charge on any atom is -0.466 e. The van der Waals surface area contributed by atoms with Gasteiger partial charge in [0.15, 0.2) is 9.84 Å². The Labute approximate surface area is 233 Å². The summed E-state index contributed by atoms with van der Waals surface area (Å²) in [6.07, 6.45) is 0.759. The number of rotatable bonds is 6. The largest absolute Gasteiger partial charge is 0.466 e. The number of benzene rings is 2. The van der Waals surface area contributed by atoms with Crippen molar-refractivity contribution in [2.45, 2.75) is 22.5 Å². The number of carbonyl (C=O) groups is 2. The smallest absolute Gasteiger partial charge is 0.266 e. The zero-order valence-electron chi connectivity index (χ0n) is 18.4. The molecule has 4 rings (SSSR count). The molecule has 13 heteroatoms. The van der Waals surface area contributed by atoms with Crippen LogP contribution in [0.25, 0.3) is 6.08 Å². The lowest BCUT2D eigenvalue weighted by molar-refractivity contribution is -0.123. The molecular weight excluding hydrogens is 587 g/mol. The predicted octanol–water partition coefficient (Wildman–Crippen LogP) is 4.58. The fourth-order valence-electron chi connectivity index (χ4n) is 3.67. The zero-order chi connectivity index (χ0) is 26.1. The molecule has 36 heavy (non-hydrogen) atoms. The van der Waals surface area contributed by atoms with E-state index in [1.54, 1.807) is 60.7 Å². The molecule has 0 unspecified atom stereocenters. The molecule has 0 radical (unpaired) electrons. The molecule has 2 aromatic carbocycles. The molecule has 0 aliphatic carbocycles. The number of nitrogens with one attached hydrogen (secondary N) is 1. The summed E-state index contributed by atoms with van der Waals surface area (Å²) in [6, 6.07) is 14.6. The third-order valence-corrected chi connectivity index (χ3v) is 9.10. The van der Waals surface area contributed by atoms with Crippen LogP contribution in [0.1, 0.15) is 22.3 Å². The molecule has 7 nitrogen and oxygen atoms in total. The maximum Gasteiger partial charge on any atom is 0.266 e. The van der Waals surface area contributed by atoms with Gasteiger partial charge in [0.2, 0.25) is 10.0 Å². The third-order valence-electron chi connectivity index (χ3n) is 5.42. The van der Waals surface area contributed by atoms with E-state index in [1.807, 2.05) is 0 Å². The number of alkyl halides is 3. The monoisotopic (exact) mass is 604 g/mol. The van der Waals surface area contributed by atoms with Gasteiger partial charge in [-0.2, -0.15) is 0 Å². The number of hydrogen-bond donors (Lipinski definition) is 1. The van der Waals surface area contributed by atoms with E-state index in [0.29, 0.717) is 32.5 Å². The van der Waals surface area contributed by atoms with Gasteiger partial charge in [-0.05, 0) is 42.3 Å². The van der Waals surface area contributed by atoms with Crippen molar-refractivity contribution in [2.75, 3.05) is 11.5 Å². The molecule has 2 aliphatic heterocycles. The fraction of sp³-hybridized carbons (Fsp3) is 0.261. The van der Waals surface area contributed by atoms with Crippen molar-refractivity contribution in [1.29, 1.82) is 0 Å². The third kappa shape index (κ3) is 6.54. The summed E-state index contributed by atoms with van der Waals surface area (Å²) in [7, 11) is -3.16. The van der Waals surface area contributed by atoms with E-state index >= 15 is 0 Å². The molecule has 0 aromatic heterocycles. The molecule has 2 saturated heterocycles. The first-order valence-electron chi connectivity index (χ1n) is 10.6. The van der Waals surface area contributed by atoms with Gasteiger partial charge in [-0.1, -0.05) is 89.1 Å². The quantitative estimate of drug-likeness (QED) is 0.223. The second-order valence-corrected chi connectivity index (χ2v) is 14.3. The first-order chi connectivity index (χ1) is 16.9. The number of amides is 2. The van der Waals surface area contributed by atoms with Gasteiger partial charge in [0.1, 0.15) is 10.1 Å². The van der Waals surface area contributed by atoms with Crippen LogP contribution in [-0.4, -0.2) is 57.0 Å². The van der Waals surface area contributed by atoms with Crippen molar-refractivity contribution < 1.29 is 22.7 Å². The highest BCUT2D eigenvalue weighted by atomic mass is 35.6. The molecule has 2 aromatic rings. The molecule has 190 valence electrons. The van der Waals surface area contributed by atoms with Gasteiger partial charge in [-0.15, -0.1) is 0 Å². The van der Waals surface area contributed by atoms with E-state index in [1.165, 1.54) is 4.90 Å². The van der Waals surface area contributed by atoms with E-state index in [2.05, 4.69) is 5.32 Å². The standard InChI is InChI=1S/C23H19Cl3N2O5S3/c24-23(25,26)21(27-19(29)15-4-2-1-3-5-15)33-17-8-6-14(7-9-17)12-18-20(30)28(22(34)35-18)16-10-11-36(31,32)13-16/h1-9,12,16,21H,10-11,13H2,(H,27,29)/b18-12-/t16-,21+/m0/s1. The second kappa shape index (κ2) is 10.9. The minimum absolute atomic E-state index is 0.0518. The molecule has 2 amide bonds. The highest BCUT2D eigenvalue weighted by Gasteiger charge is 2.42. The molecule has 2 heterocycles. The highest BCUT2D eigenvalue weighted by molar-refractivity contribution is 8.26. The first-order valence-corrected chi connectivity index (χ1v) is 14.8. The normalized spacial score (nSPS) is 21.6. The SMILES string of the molecule is O=C(N[C@H](Oc1ccc(/C=C2\SC(=S)N([C@H]3CCS(=O)(=O)C3)C2=O)cc1)C(Cl)(Cl)Cl)c1ccccc1. The van der Waals surface area contributed by atoms with Gasteiger partial charge in [-0.25, -0.2) is 8.42 Å². The van der Waals surface area contributed by atoms with Crippen LogP contribution in [0.4, 0.5) is 0 Å². The van der Waals surface area contributed by atoms with Gasteiger partial charge in [0, 0.05) is 5.56 Å². The van der Waals surface area contributed by atoms with Crippen LogP contribution in [0.2, 0.25) is 0 Å². The Bertz CT molecular complexity index is 1310. The predicted molar refractivity (Wildman–Crippen MR) is 147 cm³/mol. The number of ether oxygens (including phenoxy) is 1. The highest BCUT2D eigenvalue weighted by Crippen LogP contribution is 2.37. The Kier molecular flexibility index (Phi) is 8.23. The minimum atomic E-state index is -3.16. The van der Waals surface area contributed by atoms with Crippen molar-refractivity contribution in [3.63, 3.8) is 0 Å². The van der Waals surface area contributed by atoms with E-state index in [4.69, 9.17) is 51.8 Å². The van der Waals surface area contributed by atoms with Crippen LogP contribution in [-0.2, 0) is 14.6 Å². The maximum absolute atomic E-state index is 12.9. The number of nitrogens with zero attached hydrogens (tertiary/aromatic N) is 1. The van der Waals surface area contributed by atoms with Crippen LogP contribution >= 0.6 is 58.8 Å². The second-order valence-electron chi connectivity index (χ2n) is 8.06. The first kappa shape index (κ1) is 27.2. The Morgan fingerprint density at radius 1 is 1.17 bits per heavy atom. The number of thiocarbonyl (C=S) groups is 1. The Morgan fingerprint density at radius 3 is 2.42 bits per heavy atom. The van der Waals surface area contributed by atoms with Crippen molar-refractivity contribution in [3.05, 3.63) is 70.6 Å². The number of carbonyl (C=O) groups excluding carboxylic acids is 2. The molecule has 0 bridgehead atoms. The lowest BCUT2D eigenvalue weighted by Crippen LogP contribution is -2.47. The summed E-state index contributed by atoms with van der Waals surface area (Å²) >= 11 is 24.5. The fourth-order valence-corrected chi connectivity index (χ4v) is 7.07. The van der Waals surface area contributed by atoms with Crippen molar-refractivity contribution in [2.24, 2.45) is 0 Å². The van der Waals surface area contributed by atoms with Crippen molar-refractivity contribution >= 4 is 90.8 Å². The summed E-state index contributed by atoms with van der Waals surface area (Å²) < 4.78 is 27.8. The number of sulfone groups is 1. The van der Waals surface area contributed by atoms with E-state index < -0.39 is 31.8 Å². The van der Waals surface area contributed by atoms with Gasteiger partial charge in [-0.3, -0.25) is 14.5 Å². The van der Waals surface area contributed by atoms with E-state index in [-0.39, 0.29) is 17.4 Å². The van der Waals surface area contributed by atoms with Gasteiger partial charge in [0.05, 0.1) is 22.5 Å². The molecule has 2 atom stereocenters. The van der Waals surface area contributed by atoms with Crippen LogP contribution in [0.5, 0.6) is 5.75 Å². The number of halogens is 3. The van der Waals surface area contributed by atoms with Crippen molar-refractivity contribution in [3.8, 4) is 5.75 Å². The lowest BCUT2D eigenvalue weighted by atomic mass is 10.2. The van der Waals surface area contributed by atoms with Gasteiger partial charge < -0.3 is 10.1 Å². The molecule has 0 saturated carbocycles. The Balaban J connectivity index is 1.45. The van der Waals surface area contributed by atoms with Crippen LogP contribution in [0.15, 0.2) is 59.5 Å². The molecule has 0 spiro atoms. The van der Waals surface area contributed by atoms with Crippen LogP contribution in [0, 0.1) is 0 Å². The summed E-state index contributed by atoms with van der Waals surface area (Å²) in [5.41, 5.74) is 1.06. The number of thioether (sulfide) groups is 1. The molecule has 2 fully saturated rings. The molecule has 2 aliphatic rings. The van der Waals surface area contributed by atoms with Crippen LogP contribution in [0.3, 0.4) is 0 Å². The maximum atomic E-state index is 12.9. The van der Waals surface area contributed by atoms with E-state index in [9.17, 15) is 18.0 Å². The molecular formula is C23H19Cl3N2O5S3. The van der Waals surface area contributed by atoms with Gasteiger partial charge >= 0.3 is 0 Å². The van der Waals surface area contributed by atoms with Crippen LogP contribution < -0.4 is 10.1 Å². The average molecular weight is 606 g/mol. The Morgan fingerprint density at radius 2 is 1.83 bits per heavy atom. The van der Waals surface area contributed by atoms with Crippen molar-refractivity contribution in [1.82, 2.24) is 10.2 Å². The topological polar surface area (TPSA) is 92.8 Å². The zero-order valence-corrected chi connectivity index (χ0v) is 23.1. The summed E-state index contributed by atoms with van der Waals surface area (Å²) in [5.74, 6) is -0.492. The summed E-state index contributed by atoms with van der Waals surface area (Å²) in [5, 5.41) is 2.56. The van der Waals surface area contributed by atoms with Gasteiger partial charge in [0.25, 0.3) is 11.8 Å². The number of hydrogen-bond acceptors (Lipinski definition) is 7. The van der Waals surface area contributed by atoms with E-state index in [0.717, 1.165) is 11.8 Å². The Hall–Kier alpha value is -1.82. The average Bonchev–Trinajstić information content (AvgIpc) is 3.31. The molecule has 1 N–H and O–H groups in total.